The SMILES string of the molecule is CCCCCCCCCCCCCCCCCCCC/C=C/C(O)C(CO)NC(=O)CCCCCCC/C=C\CCCCCCCCCOC(=O)CCCCCCCCCCCCCCCCCCCCC. The number of allylic oxidation sites excluding steroid dienone is 3. The highest BCUT2D eigenvalue weighted by molar-refractivity contribution is 5.76. The zero-order valence-electron chi connectivity index (χ0n) is 48.7. The molecule has 2 atom stereocenters. The molecular weight excluding hydrogens is 887 g/mol. The van der Waals surface area contributed by atoms with Gasteiger partial charge in [0.05, 0.1) is 25.4 Å². The molecule has 0 aromatic carbocycles. The molecular formula is C66H127NO5. The van der Waals surface area contributed by atoms with Crippen LogP contribution in [0.2, 0.25) is 0 Å². The Hall–Kier alpha value is -1.66. The molecule has 6 nitrogen and oxygen atoms in total. The second kappa shape index (κ2) is 61.9. The summed E-state index contributed by atoms with van der Waals surface area (Å²) in [5.74, 6) is -0.0801. The number of hydrogen-bond donors (Lipinski definition) is 3. The monoisotopic (exact) mass is 1010 g/mol. The first-order valence-electron chi connectivity index (χ1n) is 32.6. The normalized spacial score (nSPS) is 12.7. The molecule has 0 saturated carbocycles. The molecule has 0 aliphatic heterocycles. The van der Waals surface area contributed by atoms with Crippen molar-refractivity contribution in [1.29, 1.82) is 0 Å². The number of aliphatic hydroxyl groups excluding tert-OH is 2. The van der Waals surface area contributed by atoms with Gasteiger partial charge in [-0.15, -0.1) is 0 Å². The Balaban J connectivity index is 3.46. The van der Waals surface area contributed by atoms with E-state index < -0.39 is 12.1 Å². The van der Waals surface area contributed by atoms with Crippen molar-refractivity contribution in [2.45, 2.75) is 373 Å². The van der Waals surface area contributed by atoms with Gasteiger partial charge in [-0.3, -0.25) is 9.59 Å². The predicted molar refractivity (Wildman–Crippen MR) is 315 cm³/mol. The van der Waals surface area contributed by atoms with Gasteiger partial charge in [-0.05, 0) is 57.8 Å². The van der Waals surface area contributed by atoms with Crippen LogP contribution in [0.1, 0.15) is 361 Å². The Morgan fingerprint density at radius 3 is 0.986 bits per heavy atom. The van der Waals surface area contributed by atoms with Gasteiger partial charge in [-0.2, -0.15) is 0 Å². The van der Waals surface area contributed by atoms with E-state index in [0.717, 1.165) is 64.2 Å². The summed E-state index contributed by atoms with van der Waals surface area (Å²) in [6, 6.07) is -0.641. The van der Waals surface area contributed by atoms with Crippen molar-refractivity contribution in [3.63, 3.8) is 0 Å². The maximum Gasteiger partial charge on any atom is 0.305 e. The van der Waals surface area contributed by atoms with Gasteiger partial charge < -0.3 is 20.3 Å². The lowest BCUT2D eigenvalue weighted by molar-refractivity contribution is -0.143. The van der Waals surface area contributed by atoms with Crippen LogP contribution in [0.4, 0.5) is 0 Å². The number of carbonyl (C=O) groups excluding carboxylic acids is 2. The van der Waals surface area contributed by atoms with Crippen LogP contribution < -0.4 is 5.32 Å². The zero-order chi connectivity index (χ0) is 52.2. The van der Waals surface area contributed by atoms with Crippen LogP contribution in [0.25, 0.3) is 0 Å². The molecule has 0 aromatic rings. The fourth-order valence-corrected chi connectivity index (χ4v) is 10.2. The number of nitrogens with one attached hydrogen (secondary N) is 1. The van der Waals surface area contributed by atoms with Gasteiger partial charge in [0.25, 0.3) is 0 Å². The Morgan fingerprint density at radius 1 is 0.375 bits per heavy atom. The fraction of sp³-hybridized carbons (Fsp3) is 0.909. The van der Waals surface area contributed by atoms with Crippen molar-refractivity contribution in [1.82, 2.24) is 5.32 Å². The number of amides is 1. The molecule has 0 heterocycles. The van der Waals surface area contributed by atoms with E-state index in [0.29, 0.717) is 19.4 Å². The fourth-order valence-electron chi connectivity index (χ4n) is 10.2. The standard InChI is InChI=1S/C66H127NO5/c1-3-5-7-9-11-13-15-17-19-21-23-25-26-30-34-38-42-46-50-54-58-64(69)63(62-68)67-65(70)59-55-51-47-43-39-35-31-28-29-33-37-41-45-49-53-57-61-72-66(71)60-56-52-48-44-40-36-32-27-24-22-20-18-16-14-12-10-8-6-4-2/h28,31,54,58,63-64,68-69H,3-27,29-30,32-53,55-57,59-62H2,1-2H3,(H,67,70)/b31-28-,58-54+. The lowest BCUT2D eigenvalue weighted by atomic mass is 10.0. The van der Waals surface area contributed by atoms with Crippen LogP contribution >= 0.6 is 0 Å². The number of carbonyl (C=O) groups is 2. The molecule has 0 saturated heterocycles. The van der Waals surface area contributed by atoms with E-state index in [-0.39, 0.29) is 18.5 Å². The van der Waals surface area contributed by atoms with Gasteiger partial charge in [-0.25, -0.2) is 0 Å². The van der Waals surface area contributed by atoms with Crippen molar-refractivity contribution in [2.24, 2.45) is 0 Å². The van der Waals surface area contributed by atoms with Crippen LogP contribution in [-0.2, 0) is 14.3 Å². The lowest BCUT2D eigenvalue weighted by Crippen LogP contribution is -2.45. The molecule has 0 aliphatic rings. The number of ether oxygens (including phenoxy) is 1. The first kappa shape index (κ1) is 70.3. The minimum atomic E-state index is -0.856. The summed E-state index contributed by atoms with van der Waals surface area (Å²) < 4.78 is 5.49. The van der Waals surface area contributed by atoms with Gasteiger partial charge in [-0.1, -0.05) is 314 Å². The Labute approximate surface area is 450 Å². The largest absolute Gasteiger partial charge is 0.466 e. The summed E-state index contributed by atoms with van der Waals surface area (Å²) in [6.45, 7) is 4.92. The number of aliphatic hydroxyl groups is 2. The third-order valence-corrected chi connectivity index (χ3v) is 15.2. The second-order valence-electron chi connectivity index (χ2n) is 22.5. The van der Waals surface area contributed by atoms with Crippen molar-refractivity contribution >= 4 is 11.9 Å². The third kappa shape index (κ3) is 57.6. The van der Waals surface area contributed by atoms with Crippen LogP contribution in [0, 0.1) is 0 Å². The molecule has 2 unspecified atom stereocenters. The van der Waals surface area contributed by atoms with E-state index >= 15 is 0 Å². The van der Waals surface area contributed by atoms with Gasteiger partial charge in [0, 0.05) is 12.8 Å². The number of hydrogen-bond acceptors (Lipinski definition) is 5. The van der Waals surface area contributed by atoms with Gasteiger partial charge in [0.1, 0.15) is 0 Å². The third-order valence-electron chi connectivity index (χ3n) is 15.2. The van der Waals surface area contributed by atoms with E-state index in [2.05, 4.69) is 31.3 Å². The van der Waals surface area contributed by atoms with Crippen molar-refractivity contribution in [3.05, 3.63) is 24.3 Å². The molecule has 72 heavy (non-hydrogen) atoms. The van der Waals surface area contributed by atoms with Crippen molar-refractivity contribution in [3.8, 4) is 0 Å². The quantitative estimate of drug-likeness (QED) is 0.0320. The Kier molecular flexibility index (Phi) is 60.5. The summed E-state index contributed by atoms with van der Waals surface area (Å²) >= 11 is 0. The molecule has 426 valence electrons. The summed E-state index contributed by atoms with van der Waals surface area (Å²) in [5.41, 5.74) is 0. The Bertz CT molecular complexity index is 1120. The minimum Gasteiger partial charge on any atom is -0.466 e. The van der Waals surface area contributed by atoms with E-state index in [1.54, 1.807) is 6.08 Å². The van der Waals surface area contributed by atoms with Crippen LogP contribution in [0.15, 0.2) is 24.3 Å². The summed E-state index contributed by atoms with van der Waals surface area (Å²) in [4.78, 5) is 24.6. The molecule has 1 amide bonds. The summed E-state index contributed by atoms with van der Waals surface area (Å²) in [6.07, 6.45) is 76.5. The predicted octanol–water partition coefficient (Wildman–Crippen LogP) is 20.6. The number of esters is 1. The maximum absolute atomic E-state index is 12.5. The minimum absolute atomic E-state index is 0.00165. The van der Waals surface area contributed by atoms with E-state index in [1.807, 2.05) is 6.08 Å². The van der Waals surface area contributed by atoms with Crippen molar-refractivity contribution < 1.29 is 24.5 Å². The zero-order valence-corrected chi connectivity index (χ0v) is 48.7. The lowest BCUT2D eigenvalue weighted by Gasteiger charge is -2.20. The molecule has 0 fully saturated rings. The van der Waals surface area contributed by atoms with Crippen molar-refractivity contribution in [2.75, 3.05) is 13.2 Å². The topological polar surface area (TPSA) is 95.9 Å². The highest BCUT2D eigenvalue weighted by atomic mass is 16.5. The van der Waals surface area contributed by atoms with E-state index in [1.165, 1.54) is 270 Å². The molecule has 3 N–H and O–H groups in total. The Morgan fingerprint density at radius 2 is 0.653 bits per heavy atom. The summed E-state index contributed by atoms with van der Waals surface area (Å²) in [7, 11) is 0. The number of unbranched alkanes of at least 4 members (excludes halogenated alkanes) is 48. The van der Waals surface area contributed by atoms with E-state index in [4.69, 9.17) is 4.74 Å². The second-order valence-corrected chi connectivity index (χ2v) is 22.5. The number of rotatable bonds is 61. The first-order valence-corrected chi connectivity index (χ1v) is 32.6. The van der Waals surface area contributed by atoms with Crippen LogP contribution in [0.3, 0.4) is 0 Å². The first-order chi connectivity index (χ1) is 35.5. The molecule has 6 heteroatoms. The van der Waals surface area contributed by atoms with E-state index in [9.17, 15) is 19.8 Å². The molecule has 0 aromatic heterocycles. The highest BCUT2D eigenvalue weighted by Gasteiger charge is 2.18. The van der Waals surface area contributed by atoms with Crippen LogP contribution in [0.5, 0.6) is 0 Å². The smallest absolute Gasteiger partial charge is 0.305 e. The molecule has 0 aliphatic carbocycles. The molecule has 0 rings (SSSR count). The summed E-state index contributed by atoms with van der Waals surface area (Å²) in [5, 5.41) is 23.2. The molecule has 0 radical (unpaired) electrons. The van der Waals surface area contributed by atoms with Gasteiger partial charge in [0.2, 0.25) is 5.91 Å². The maximum atomic E-state index is 12.5. The highest BCUT2D eigenvalue weighted by Crippen LogP contribution is 2.18. The van der Waals surface area contributed by atoms with Crippen LogP contribution in [-0.4, -0.2) is 47.4 Å². The molecule has 0 spiro atoms. The average Bonchev–Trinajstić information content (AvgIpc) is 3.38. The van der Waals surface area contributed by atoms with Gasteiger partial charge >= 0.3 is 5.97 Å². The average molecular weight is 1010 g/mol. The molecule has 0 bridgehead atoms. The van der Waals surface area contributed by atoms with Gasteiger partial charge in [0.15, 0.2) is 0 Å².